The van der Waals surface area contributed by atoms with Crippen molar-refractivity contribution in [1.29, 1.82) is 0 Å². The first kappa shape index (κ1) is 10.9. The average molecular weight is 235 g/mol. The second-order valence-corrected chi connectivity index (χ2v) is 4.46. The Hall–Kier alpha value is -1.56. The number of anilines is 1. The van der Waals surface area contributed by atoms with Gasteiger partial charge in [0.2, 0.25) is 0 Å². The van der Waals surface area contributed by atoms with Crippen LogP contribution in [0.3, 0.4) is 0 Å². The summed E-state index contributed by atoms with van der Waals surface area (Å²) < 4.78 is 1.82. The Kier molecular flexibility index (Phi) is 3.40. The molecule has 16 heavy (non-hydrogen) atoms. The van der Waals surface area contributed by atoms with E-state index in [4.69, 9.17) is 5.73 Å². The van der Waals surface area contributed by atoms with E-state index in [2.05, 4.69) is 15.1 Å². The lowest BCUT2D eigenvalue weighted by molar-refractivity contribution is 0.669. The van der Waals surface area contributed by atoms with Crippen molar-refractivity contribution < 1.29 is 0 Å². The number of hydrogen-bond acceptors (Lipinski definition) is 5. The van der Waals surface area contributed by atoms with Gasteiger partial charge in [0, 0.05) is 24.3 Å². The number of hydrogen-bond donors (Lipinski definition) is 1. The molecule has 0 unspecified atom stereocenters. The van der Waals surface area contributed by atoms with Crippen molar-refractivity contribution >= 4 is 17.6 Å². The van der Waals surface area contributed by atoms with Gasteiger partial charge in [-0.05, 0) is 18.6 Å². The average Bonchev–Trinajstić information content (AvgIpc) is 2.67. The van der Waals surface area contributed by atoms with E-state index in [1.165, 1.54) is 0 Å². The fourth-order valence-electron chi connectivity index (χ4n) is 1.19. The minimum Gasteiger partial charge on any atom is -0.382 e. The third-order valence-corrected chi connectivity index (χ3v) is 2.83. The first-order valence-electron chi connectivity index (χ1n) is 4.94. The zero-order chi connectivity index (χ0) is 11.4. The molecule has 2 aromatic heterocycles. The summed E-state index contributed by atoms with van der Waals surface area (Å²) in [5.41, 5.74) is 6.59. The summed E-state index contributed by atoms with van der Waals surface area (Å²) in [6.45, 7) is 2.78. The highest BCUT2D eigenvalue weighted by atomic mass is 32.2. The third kappa shape index (κ3) is 2.96. The van der Waals surface area contributed by atoms with Crippen LogP contribution in [-0.2, 0) is 6.54 Å². The first-order valence-corrected chi connectivity index (χ1v) is 5.93. The number of rotatable bonds is 4. The van der Waals surface area contributed by atoms with Crippen molar-refractivity contribution in [2.75, 3.05) is 11.5 Å². The zero-order valence-corrected chi connectivity index (χ0v) is 9.81. The van der Waals surface area contributed by atoms with E-state index in [9.17, 15) is 0 Å². The summed E-state index contributed by atoms with van der Waals surface area (Å²) in [5, 5.41) is 4.89. The lowest BCUT2D eigenvalue weighted by atomic mass is 10.4. The van der Waals surface area contributed by atoms with Crippen molar-refractivity contribution in [1.82, 2.24) is 19.7 Å². The molecule has 5 nitrogen and oxygen atoms in total. The molecule has 0 radical (unpaired) electrons. The van der Waals surface area contributed by atoms with Crippen molar-refractivity contribution in [2.45, 2.75) is 18.6 Å². The predicted octanol–water partition coefficient (Wildman–Crippen LogP) is 1.36. The minimum atomic E-state index is 0.552. The highest BCUT2D eigenvalue weighted by Gasteiger charge is 1.98. The molecule has 0 fully saturated rings. The molecule has 0 spiro atoms. The monoisotopic (exact) mass is 235 g/mol. The highest BCUT2D eigenvalue weighted by Crippen LogP contribution is 2.12. The lowest BCUT2D eigenvalue weighted by Gasteiger charge is -2.00. The Morgan fingerprint density at radius 2 is 2.12 bits per heavy atom. The van der Waals surface area contributed by atoms with Crippen LogP contribution >= 0.6 is 11.8 Å². The molecule has 0 aromatic carbocycles. The number of aromatic nitrogens is 4. The standard InChI is InChI=1S/C10H13N5S/c1-8-6-12-10(13-7-8)16-5-4-15-3-2-9(11)14-15/h2-3,6-7H,4-5H2,1H3,(H2,11,14). The van der Waals surface area contributed by atoms with Crippen LogP contribution in [0.1, 0.15) is 5.56 Å². The van der Waals surface area contributed by atoms with E-state index in [-0.39, 0.29) is 0 Å². The van der Waals surface area contributed by atoms with E-state index in [1.54, 1.807) is 17.8 Å². The van der Waals surface area contributed by atoms with Crippen LogP contribution < -0.4 is 5.73 Å². The molecule has 0 aliphatic carbocycles. The van der Waals surface area contributed by atoms with Crippen LogP contribution in [0.2, 0.25) is 0 Å². The van der Waals surface area contributed by atoms with Gasteiger partial charge in [-0.25, -0.2) is 9.97 Å². The predicted molar refractivity (Wildman–Crippen MR) is 64.1 cm³/mol. The van der Waals surface area contributed by atoms with Gasteiger partial charge in [0.15, 0.2) is 5.16 Å². The molecule has 2 rings (SSSR count). The maximum atomic E-state index is 5.51. The van der Waals surface area contributed by atoms with Crippen LogP contribution in [0.4, 0.5) is 5.82 Å². The largest absolute Gasteiger partial charge is 0.382 e. The number of nitrogen functional groups attached to an aromatic ring is 1. The fraction of sp³-hybridized carbons (Fsp3) is 0.300. The number of nitrogens with two attached hydrogens (primary N) is 1. The second-order valence-electron chi connectivity index (χ2n) is 3.40. The van der Waals surface area contributed by atoms with Gasteiger partial charge in [0.05, 0.1) is 6.54 Å². The van der Waals surface area contributed by atoms with Crippen LogP contribution in [-0.4, -0.2) is 25.5 Å². The zero-order valence-electron chi connectivity index (χ0n) is 9.00. The molecule has 0 saturated carbocycles. The molecule has 0 amide bonds. The molecule has 84 valence electrons. The van der Waals surface area contributed by atoms with E-state index in [0.29, 0.717) is 5.82 Å². The van der Waals surface area contributed by atoms with E-state index in [1.807, 2.05) is 30.2 Å². The topological polar surface area (TPSA) is 69.6 Å². The molecule has 0 atom stereocenters. The molecule has 2 heterocycles. The molecule has 0 aliphatic heterocycles. The second kappa shape index (κ2) is 4.98. The smallest absolute Gasteiger partial charge is 0.187 e. The van der Waals surface area contributed by atoms with E-state index < -0.39 is 0 Å². The number of nitrogens with zero attached hydrogens (tertiary/aromatic N) is 4. The van der Waals surface area contributed by atoms with Crippen molar-refractivity contribution in [2.24, 2.45) is 0 Å². The van der Waals surface area contributed by atoms with Gasteiger partial charge < -0.3 is 5.73 Å². The van der Waals surface area contributed by atoms with Crippen LogP contribution in [0.5, 0.6) is 0 Å². The van der Waals surface area contributed by atoms with Crippen molar-refractivity contribution in [3.63, 3.8) is 0 Å². The van der Waals surface area contributed by atoms with Crippen LogP contribution in [0.15, 0.2) is 29.8 Å². The Morgan fingerprint density at radius 1 is 1.38 bits per heavy atom. The summed E-state index contributed by atoms with van der Waals surface area (Å²) in [6, 6.07) is 1.78. The fourth-order valence-corrected chi connectivity index (χ4v) is 1.90. The Morgan fingerprint density at radius 3 is 2.75 bits per heavy atom. The van der Waals surface area contributed by atoms with Gasteiger partial charge in [-0.1, -0.05) is 11.8 Å². The van der Waals surface area contributed by atoms with Gasteiger partial charge >= 0.3 is 0 Å². The van der Waals surface area contributed by atoms with E-state index in [0.717, 1.165) is 23.0 Å². The summed E-state index contributed by atoms with van der Waals surface area (Å²) in [7, 11) is 0. The SMILES string of the molecule is Cc1cnc(SCCn2ccc(N)n2)nc1. The van der Waals surface area contributed by atoms with Crippen molar-refractivity contribution in [3.05, 3.63) is 30.2 Å². The van der Waals surface area contributed by atoms with E-state index >= 15 is 0 Å². The molecule has 0 saturated heterocycles. The highest BCUT2D eigenvalue weighted by molar-refractivity contribution is 7.99. The molecule has 2 aromatic rings. The maximum absolute atomic E-state index is 5.51. The normalized spacial score (nSPS) is 10.6. The van der Waals surface area contributed by atoms with Gasteiger partial charge in [-0.2, -0.15) is 5.10 Å². The van der Waals surface area contributed by atoms with Gasteiger partial charge in [0.1, 0.15) is 5.82 Å². The van der Waals surface area contributed by atoms with Gasteiger partial charge in [0.25, 0.3) is 0 Å². The summed E-state index contributed by atoms with van der Waals surface area (Å²) in [4.78, 5) is 8.42. The number of thioether (sulfide) groups is 1. The molecular formula is C10H13N5S. The quantitative estimate of drug-likeness (QED) is 0.640. The molecular weight excluding hydrogens is 222 g/mol. The Labute approximate surface area is 98.1 Å². The van der Waals surface area contributed by atoms with Gasteiger partial charge in [-0.3, -0.25) is 4.68 Å². The Bertz CT molecular complexity index is 450. The molecule has 2 N–H and O–H groups in total. The molecule has 6 heteroatoms. The summed E-state index contributed by atoms with van der Waals surface area (Å²) >= 11 is 1.61. The molecule has 0 aliphatic rings. The number of aryl methyl sites for hydroxylation is 2. The van der Waals surface area contributed by atoms with Gasteiger partial charge in [-0.15, -0.1) is 0 Å². The Balaban J connectivity index is 1.82. The third-order valence-electron chi connectivity index (χ3n) is 1.97. The molecule has 0 bridgehead atoms. The van der Waals surface area contributed by atoms with Crippen LogP contribution in [0.25, 0.3) is 0 Å². The maximum Gasteiger partial charge on any atom is 0.187 e. The van der Waals surface area contributed by atoms with Crippen molar-refractivity contribution in [3.8, 4) is 0 Å². The van der Waals surface area contributed by atoms with Crippen LogP contribution in [0, 0.1) is 6.92 Å². The summed E-state index contributed by atoms with van der Waals surface area (Å²) in [6.07, 6.45) is 5.51. The summed E-state index contributed by atoms with van der Waals surface area (Å²) in [5.74, 6) is 1.43. The lowest BCUT2D eigenvalue weighted by Crippen LogP contribution is -2.02. The minimum absolute atomic E-state index is 0.552. The first-order chi connectivity index (χ1) is 7.74.